The topological polar surface area (TPSA) is 101 Å². The summed E-state index contributed by atoms with van der Waals surface area (Å²) in [5.41, 5.74) is 0. The second-order valence-electron chi connectivity index (χ2n) is 4.21. The van der Waals surface area contributed by atoms with Crippen molar-refractivity contribution in [3.05, 3.63) is 18.7 Å². The molecule has 0 spiro atoms. The van der Waals surface area contributed by atoms with Crippen LogP contribution < -0.4 is 10.6 Å². The van der Waals surface area contributed by atoms with Crippen LogP contribution in [0.5, 0.6) is 0 Å². The average Bonchev–Trinajstić information content (AvgIpc) is 3.01. The summed E-state index contributed by atoms with van der Waals surface area (Å²) in [7, 11) is 1.76. The van der Waals surface area contributed by atoms with Crippen molar-refractivity contribution in [2.24, 2.45) is 0 Å². The Morgan fingerprint density at radius 3 is 2.70 bits per heavy atom. The number of aliphatic hydroxyl groups excluding tert-OH is 1. The summed E-state index contributed by atoms with van der Waals surface area (Å²) < 4.78 is 1.72. The van der Waals surface area contributed by atoms with E-state index in [-0.39, 0.29) is 6.61 Å². The molecule has 2 rings (SSSR count). The predicted octanol–water partition coefficient (Wildman–Crippen LogP) is 0.673. The number of anilines is 2. The lowest BCUT2D eigenvalue weighted by Gasteiger charge is -2.08. The minimum atomic E-state index is 0.237. The van der Waals surface area contributed by atoms with Crippen LogP contribution in [0.1, 0.15) is 19.3 Å². The molecule has 108 valence electrons. The molecule has 0 aromatic carbocycles. The van der Waals surface area contributed by atoms with E-state index in [9.17, 15) is 0 Å². The molecular weight excluding hydrogens is 258 g/mol. The van der Waals surface area contributed by atoms with Gasteiger partial charge in [-0.25, -0.2) is 4.98 Å². The van der Waals surface area contributed by atoms with Crippen LogP contribution in [0.15, 0.2) is 18.7 Å². The Hall–Kier alpha value is -2.22. The van der Waals surface area contributed by atoms with Gasteiger partial charge in [-0.2, -0.15) is 15.0 Å². The van der Waals surface area contributed by atoms with Gasteiger partial charge in [-0.1, -0.05) is 0 Å². The Balaban J connectivity index is 2.03. The van der Waals surface area contributed by atoms with Crippen LogP contribution in [0.2, 0.25) is 0 Å². The summed E-state index contributed by atoms with van der Waals surface area (Å²) in [5.74, 6) is 1.54. The van der Waals surface area contributed by atoms with E-state index in [4.69, 9.17) is 5.11 Å². The van der Waals surface area contributed by atoms with Gasteiger partial charge in [0.15, 0.2) is 0 Å². The maximum absolute atomic E-state index is 8.72. The van der Waals surface area contributed by atoms with Gasteiger partial charge in [-0.3, -0.25) is 4.57 Å². The summed E-state index contributed by atoms with van der Waals surface area (Å²) in [4.78, 5) is 16.8. The molecule has 0 saturated heterocycles. The normalized spacial score (nSPS) is 10.5. The molecule has 8 nitrogen and oxygen atoms in total. The van der Waals surface area contributed by atoms with Crippen molar-refractivity contribution in [3.8, 4) is 5.95 Å². The lowest BCUT2D eigenvalue weighted by Crippen LogP contribution is -2.11. The highest BCUT2D eigenvalue weighted by molar-refractivity contribution is 5.37. The molecule has 2 aromatic heterocycles. The lowest BCUT2D eigenvalue weighted by molar-refractivity contribution is 0.283. The first kappa shape index (κ1) is 14.2. The van der Waals surface area contributed by atoms with Crippen LogP contribution in [-0.4, -0.2) is 49.8 Å². The molecule has 0 radical (unpaired) electrons. The first-order valence-corrected chi connectivity index (χ1v) is 6.60. The summed E-state index contributed by atoms with van der Waals surface area (Å²) in [6, 6.07) is 0. The third kappa shape index (κ3) is 3.89. The van der Waals surface area contributed by atoms with Gasteiger partial charge in [-0.15, -0.1) is 0 Å². The quantitative estimate of drug-likeness (QED) is 0.610. The van der Waals surface area contributed by atoms with Gasteiger partial charge < -0.3 is 15.7 Å². The molecule has 0 saturated carbocycles. The zero-order valence-corrected chi connectivity index (χ0v) is 11.5. The fourth-order valence-electron chi connectivity index (χ4n) is 1.66. The Kier molecular flexibility index (Phi) is 5.24. The third-order valence-electron chi connectivity index (χ3n) is 2.70. The maximum atomic E-state index is 8.72. The second kappa shape index (κ2) is 7.39. The van der Waals surface area contributed by atoms with Crippen LogP contribution in [0.4, 0.5) is 11.9 Å². The smallest absolute Gasteiger partial charge is 0.241 e. The van der Waals surface area contributed by atoms with Crippen LogP contribution in [0.3, 0.4) is 0 Å². The summed E-state index contributed by atoms with van der Waals surface area (Å²) in [6.45, 7) is 0.997. The van der Waals surface area contributed by atoms with Crippen molar-refractivity contribution in [1.29, 1.82) is 0 Å². The monoisotopic (exact) mass is 277 g/mol. The van der Waals surface area contributed by atoms with Gasteiger partial charge in [0, 0.05) is 32.6 Å². The number of hydrogen-bond acceptors (Lipinski definition) is 7. The van der Waals surface area contributed by atoms with Gasteiger partial charge in [0.05, 0.1) is 0 Å². The van der Waals surface area contributed by atoms with Crippen molar-refractivity contribution in [3.63, 3.8) is 0 Å². The highest BCUT2D eigenvalue weighted by atomic mass is 16.2. The Morgan fingerprint density at radius 2 is 2.00 bits per heavy atom. The van der Waals surface area contributed by atoms with Crippen LogP contribution in [0.25, 0.3) is 5.95 Å². The molecule has 0 atom stereocenters. The Bertz CT molecular complexity index is 515. The van der Waals surface area contributed by atoms with Gasteiger partial charge in [0.2, 0.25) is 17.8 Å². The fourth-order valence-corrected chi connectivity index (χ4v) is 1.66. The summed E-state index contributed by atoms with van der Waals surface area (Å²) in [5, 5.41) is 14.8. The standard InChI is InChI=1S/C12H19N7O/c1-13-10-16-11(15-5-3-2-4-8-20)18-12(17-10)19-7-6-14-9-19/h6-7,9,20H,2-5,8H2,1H3,(H2,13,15,16,17,18). The molecule has 2 heterocycles. The van der Waals surface area contributed by atoms with Crippen molar-refractivity contribution in [1.82, 2.24) is 24.5 Å². The van der Waals surface area contributed by atoms with Gasteiger partial charge >= 0.3 is 0 Å². The number of imidazole rings is 1. The van der Waals surface area contributed by atoms with E-state index >= 15 is 0 Å². The molecule has 3 N–H and O–H groups in total. The minimum absolute atomic E-state index is 0.237. The van der Waals surface area contributed by atoms with E-state index in [1.807, 2.05) is 0 Å². The van der Waals surface area contributed by atoms with Gasteiger partial charge in [0.25, 0.3) is 0 Å². The SMILES string of the molecule is CNc1nc(NCCCCCO)nc(-n2ccnc2)n1. The predicted molar refractivity (Wildman–Crippen MR) is 75.9 cm³/mol. The van der Waals surface area contributed by atoms with Crippen molar-refractivity contribution >= 4 is 11.9 Å². The van der Waals surface area contributed by atoms with Crippen molar-refractivity contribution in [2.75, 3.05) is 30.8 Å². The number of hydrogen-bond donors (Lipinski definition) is 3. The van der Waals surface area contributed by atoms with E-state index in [0.717, 1.165) is 25.8 Å². The van der Waals surface area contributed by atoms with E-state index in [2.05, 4.69) is 30.6 Å². The molecule has 20 heavy (non-hydrogen) atoms. The van der Waals surface area contributed by atoms with E-state index in [1.165, 1.54) is 0 Å². The maximum Gasteiger partial charge on any atom is 0.241 e. The third-order valence-corrected chi connectivity index (χ3v) is 2.70. The van der Waals surface area contributed by atoms with E-state index in [1.54, 1.807) is 30.3 Å². The number of aromatic nitrogens is 5. The van der Waals surface area contributed by atoms with Crippen LogP contribution in [0, 0.1) is 0 Å². The van der Waals surface area contributed by atoms with Crippen LogP contribution >= 0.6 is 0 Å². The molecule has 2 aromatic rings. The van der Waals surface area contributed by atoms with Crippen molar-refractivity contribution in [2.45, 2.75) is 19.3 Å². The molecular formula is C12H19N7O. The number of rotatable bonds is 8. The molecule has 0 unspecified atom stereocenters. The summed E-state index contributed by atoms with van der Waals surface area (Å²) >= 11 is 0. The second-order valence-corrected chi connectivity index (χ2v) is 4.21. The fraction of sp³-hybridized carbons (Fsp3) is 0.500. The number of aliphatic hydroxyl groups is 1. The molecule has 0 aliphatic rings. The number of unbranched alkanes of at least 4 members (excludes halogenated alkanes) is 2. The molecule has 0 bridgehead atoms. The minimum Gasteiger partial charge on any atom is -0.396 e. The van der Waals surface area contributed by atoms with E-state index < -0.39 is 0 Å². The molecule has 0 aliphatic carbocycles. The lowest BCUT2D eigenvalue weighted by atomic mass is 10.2. The molecule has 0 fully saturated rings. The van der Waals surface area contributed by atoms with Gasteiger partial charge in [-0.05, 0) is 19.3 Å². The number of nitrogens with zero attached hydrogens (tertiary/aromatic N) is 5. The van der Waals surface area contributed by atoms with Gasteiger partial charge in [0.1, 0.15) is 6.33 Å². The Labute approximate surface area is 117 Å². The highest BCUT2D eigenvalue weighted by Gasteiger charge is 2.06. The average molecular weight is 277 g/mol. The molecule has 0 aliphatic heterocycles. The highest BCUT2D eigenvalue weighted by Crippen LogP contribution is 2.09. The molecule has 0 amide bonds. The largest absolute Gasteiger partial charge is 0.396 e. The molecule has 8 heteroatoms. The van der Waals surface area contributed by atoms with Crippen LogP contribution in [-0.2, 0) is 0 Å². The van der Waals surface area contributed by atoms with Crippen molar-refractivity contribution < 1.29 is 5.11 Å². The van der Waals surface area contributed by atoms with E-state index in [0.29, 0.717) is 17.8 Å². The zero-order chi connectivity index (χ0) is 14.2. The number of nitrogens with one attached hydrogen (secondary N) is 2. The first-order valence-electron chi connectivity index (χ1n) is 6.60. The zero-order valence-electron chi connectivity index (χ0n) is 11.5. The summed E-state index contributed by atoms with van der Waals surface area (Å²) in [6.07, 6.45) is 7.84. The first-order chi connectivity index (χ1) is 9.83. The Morgan fingerprint density at radius 1 is 1.15 bits per heavy atom.